The SMILES string of the molecule is CCN(Cc1ccccc1)C(=O)c1nnn(C2CCNCC2)c1C. The van der Waals surface area contributed by atoms with Crippen LogP contribution in [0.25, 0.3) is 0 Å². The van der Waals surface area contributed by atoms with Gasteiger partial charge in [0.1, 0.15) is 0 Å². The fourth-order valence-corrected chi connectivity index (χ4v) is 3.22. The second-order valence-electron chi connectivity index (χ2n) is 6.25. The average molecular weight is 327 g/mol. The normalized spacial score (nSPS) is 15.4. The van der Waals surface area contributed by atoms with Gasteiger partial charge in [0.15, 0.2) is 5.69 Å². The van der Waals surface area contributed by atoms with Gasteiger partial charge in [0, 0.05) is 13.1 Å². The molecule has 24 heavy (non-hydrogen) atoms. The van der Waals surface area contributed by atoms with Crippen molar-refractivity contribution in [2.24, 2.45) is 0 Å². The minimum atomic E-state index is -0.0426. The molecular weight excluding hydrogens is 302 g/mol. The Morgan fingerprint density at radius 1 is 1.29 bits per heavy atom. The molecule has 0 radical (unpaired) electrons. The number of hydrogen-bond donors (Lipinski definition) is 1. The molecule has 0 unspecified atom stereocenters. The van der Waals surface area contributed by atoms with Crippen molar-refractivity contribution < 1.29 is 4.79 Å². The summed E-state index contributed by atoms with van der Waals surface area (Å²) in [6.45, 7) is 7.16. The van der Waals surface area contributed by atoms with Crippen molar-refractivity contribution in [3.8, 4) is 0 Å². The van der Waals surface area contributed by atoms with Gasteiger partial charge >= 0.3 is 0 Å². The van der Waals surface area contributed by atoms with E-state index in [4.69, 9.17) is 0 Å². The molecule has 1 amide bonds. The number of piperidine rings is 1. The predicted octanol–water partition coefficient (Wildman–Crippen LogP) is 2.17. The molecule has 1 N–H and O–H groups in total. The molecule has 1 saturated heterocycles. The van der Waals surface area contributed by atoms with E-state index in [0.29, 0.717) is 24.8 Å². The number of rotatable bonds is 5. The van der Waals surface area contributed by atoms with Crippen LogP contribution in [-0.4, -0.2) is 45.4 Å². The Balaban J connectivity index is 1.77. The molecule has 0 spiro atoms. The van der Waals surface area contributed by atoms with Crippen LogP contribution in [0.1, 0.15) is 47.6 Å². The number of hydrogen-bond acceptors (Lipinski definition) is 4. The molecule has 1 aliphatic heterocycles. The van der Waals surface area contributed by atoms with Gasteiger partial charge in [-0.05, 0) is 45.3 Å². The first kappa shape index (κ1) is 16.6. The Morgan fingerprint density at radius 3 is 2.67 bits per heavy atom. The third-order valence-corrected chi connectivity index (χ3v) is 4.67. The number of benzene rings is 1. The Kier molecular flexibility index (Phi) is 5.25. The fraction of sp³-hybridized carbons (Fsp3) is 0.500. The van der Waals surface area contributed by atoms with Gasteiger partial charge in [0.25, 0.3) is 5.91 Å². The Morgan fingerprint density at radius 2 is 2.00 bits per heavy atom. The van der Waals surface area contributed by atoms with E-state index in [0.717, 1.165) is 37.2 Å². The molecule has 128 valence electrons. The van der Waals surface area contributed by atoms with E-state index in [-0.39, 0.29) is 5.91 Å². The largest absolute Gasteiger partial charge is 0.333 e. The lowest BCUT2D eigenvalue weighted by Crippen LogP contribution is -2.32. The van der Waals surface area contributed by atoms with E-state index in [1.807, 2.05) is 53.8 Å². The highest BCUT2D eigenvalue weighted by atomic mass is 16.2. The smallest absolute Gasteiger partial charge is 0.276 e. The average Bonchev–Trinajstić information content (AvgIpc) is 3.02. The molecule has 6 nitrogen and oxygen atoms in total. The number of amides is 1. The first-order valence-corrected chi connectivity index (χ1v) is 8.66. The highest BCUT2D eigenvalue weighted by molar-refractivity contribution is 5.93. The van der Waals surface area contributed by atoms with Gasteiger partial charge in [-0.25, -0.2) is 4.68 Å². The summed E-state index contributed by atoms with van der Waals surface area (Å²) in [5, 5.41) is 11.8. The fourth-order valence-electron chi connectivity index (χ4n) is 3.22. The molecule has 1 aromatic heterocycles. The molecule has 1 aromatic carbocycles. The molecule has 1 fully saturated rings. The summed E-state index contributed by atoms with van der Waals surface area (Å²) in [7, 11) is 0. The standard InChI is InChI=1S/C18H25N5O/c1-3-22(13-15-7-5-4-6-8-15)18(24)17-14(2)23(21-20-17)16-9-11-19-12-10-16/h4-8,16,19H,3,9-13H2,1-2H3. The van der Waals surface area contributed by atoms with Crippen LogP contribution < -0.4 is 5.32 Å². The molecule has 3 rings (SSSR count). The van der Waals surface area contributed by atoms with Crippen LogP contribution in [0.4, 0.5) is 0 Å². The highest BCUT2D eigenvalue weighted by Gasteiger charge is 2.25. The maximum absolute atomic E-state index is 12.9. The Bertz CT molecular complexity index is 676. The first-order chi connectivity index (χ1) is 11.7. The van der Waals surface area contributed by atoms with Gasteiger partial charge in [0.2, 0.25) is 0 Å². The molecule has 0 bridgehead atoms. The first-order valence-electron chi connectivity index (χ1n) is 8.66. The van der Waals surface area contributed by atoms with E-state index in [2.05, 4.69) is 15.6 Å². The van der Waals surface area contributed by atoms with Crippen molar-refractivity contribution in [1.29, 1.82) is 0 Å². The molecule has 6 heteroatoms. The zero-order valence-corrected chi connectivity index (χ0v) is 14.4. The highest BCUT2D eigenvalue weighted by Crippen LogP contribution is 2.21. The van der Waals surface area contributed by atoms with E-state index >= 15 is 0 Å². The molecule has 1 aliphatic rings. The topological polar surface area (TPSA) is 63.1 Å². The van der Waals surface area contributed by atoms with Gasteiger partial charge in [-0.2, -0.15) is 0 Å². The molecular formula is C18H25N5O. The van der Waals surface area contributed by atoms with Crippen molar-refractivity contribution in [2.45, 2.75) is 39.3 Å². The summed E-state index contributed by atoms with van der Waals surface area (Å²) in [6.07, 6.45) is 2.05. The number of aromatic nitrogens is 3. The van der Waals surface area contributed by atoms with Crippen molar-refractivity contribution in [1.82, 2.24) is 25.2 Å². The second kappa shape index (κ2) is 7.57. The van der Waals surface area contributed by atoms with Gasteiger partial charge < -0.3 is 10.2 Å². The van der Waals surface area contributed by atoms with E-state index in [1.165, 1.54) is 0 Å². The molecule has 2 heterocycles. The monoisotopic (exact) mass is 327 g/mol. The third-order valence-electron chi connectivity index (χ3n) is 4.67. The Hall–Kier alpha value is -2.21. The maximum Gasteiger partial charge on any atom is 0.276 e. The molecule has 2 aromatic rings. The Labute approximate surface area is 142 Å². The number of nitrogens with zero attached hydrogens (tertiary/aromatic N) is 4. The minimum Gasteiger partial charge on any atom is -0.333 e. The van der Waals surface area contributed by atoms with Gasteiger partial charge in [-0.1, -0.05) is 35.5 Å². The zero-order chi connectivity index (χ0) is 16.9. The molecule has 0 atom stereocenters. The lowest BCUT2D eigenvalue weighted by atomic mass is 10.1. The van der Waals surface area contributed by atoms with Crippen molar-refractivity contribution in [2.75, 3.05) is 19.6 Å². The van der Waals surface area contributed by atoms with Crippen LogP contribution in [0.5, 0.6) is 0 Å². The maximum atomic E-state index is 12.9. The van der Waals surface area contributed by atoms with Gasteiger partial charge in [-0.3, -0.25) is 4.79 Å². The lowest BCUT2D eigenvalue weighted by Gasteiger charge is -2.24. The van der Waals surface area contributed by atoms with Crippen LogP contribution in [-0.2, 0) is 6.54 Å². The van der Waals surface area contributed by atoms with Gasteiger partial charge in [-0.15, -0.1) is 5.10 Å². The lowest BCUT2D eigenvalue weighted by molar-refractivity contribution is 0.0745. The summed E-state index contributed by atoms with van der Waals surface area (Å²) in [6, 6.07) is 10.4. The summed E-state index contributed by atoms with van der Waals surface area (Å²) in [5.41, 5.74) is 2.47. The quantitative estimate of drug-likeness (QED) is 0.914. The van der Waals surface area contributed by atoms with E-state index in [9.17, 15) is 4.79 Å². The van der Waals surface area contributed by atoms with Crippen molar-refractivity contribution >= 4 is 5.91 Å². The summed E-state index contributed by atoms with van der Waals surface area (Å²) in [5.74, 6) is -0.0426. The third kappa shape index (κ3) is 3.48. The van der Waals surface area contributed by atoms with Crippen molar-refractivity contribution in [3.63, 3.8) is 0 Å². The van der Waals surface area contributed by atoms with Crippen LogP contribution in [0.15, 0.2) is 30.3 Å². The van der Waals surface area contributed by atoms with Crippen LogP contribution in [0, 0.1) is 6.92 Å². The summed E-state index contributed by atoms with van der Waals surface area (Å²) < 4.78 is 1.93. The van der Waals surface area contributed by atoms with E-state index < -0.39 is 0 Å². The molecule has 0 aliphatic carbocycles. The van der Waals surface area contributed by atoms with Crippen molar-refractivity contribution in [3.05, 3.63) is 47.3 Å². The minimum absolute atomic E-state index is 0.0426. The molecule has 0 saturated carbocycles. The zero-order valence-electron chi connectivity index (χ0n) is 14.4. The number of carbonyl (C=O) groups excluding carboxylic acids is 1. The predicted molar refractivity (Wildman–Crippen MR) is 92.8 cm³/mol. The summed E-state index contributed by atoms with van der Waals surface area (Å²) in [4.78, 5) is 14.7. The van der Waals surface area contributed by atoms with E-state index in [1.54, 1.807) is 0 Å². The van der Waals surface area contributed by atoms with Crippen LogP contribution >= 0.6 is 0 Å². The van der Waals surface area contributed by atoms with Crippen LogP contribution in [0.3, 0.4) is 0 Å². The van der Waals surface area contributed by atoms with Gasteiger partial charge in [0.05, 0.1) is 11.7 Å². The second-order valence-corrected chi connectivity index (χ2v) is 6.25. The van der Waals surface area contributed by atoms with Crippen LogP contribution in [0.2, 0.25) is 0 Å². The number of carbonyl (C=O) groups is 1. The summed E-state index contributed by atoms with van der Waals surface area (Å²) >= 11 is 0. The number of nitrogens with one attached hydrogen (secondary N) is 1.